The summed E-state index contributed by atoms with van der Waals surface area (Å²) < 4.78 is 30.6. The smallest absolute Gasteiger partial charge is 0.356 e. The highest BCUT2D eigenvalue weighted by Gasteiger charge is 2.66. The molecule has 1 fully saturated rings. The van der Waals surface area contributed by atoms with E-state index < -0.39 is 51.2 Å². The number of carboxylic acid groups (broad SMARTS) is 1. The maximum atomic E-state index is 12.7. The summed E-state index contributed by atoms with van der Waals surface area (Å²) in [6.07, 6.45) is -0.999. The Kier molecular flexibility index (Phi) is 4.35. The summed E-state index contributed by atoms with van der Waals surface area (Å²) in [6.45, 7) is 6.44. The first-order valence-electron chi connectivity index (χ1n) is 8.40. The molecule has 3 unspecified atom stereocenters. The largest absolute Gasteiger partial charge is 0.476 e. The van der Waals surface area contributed by atoms with Crippen LogP contribution in [-0.4, -0.2) is 47.6 Å². The Morgan fingerprint density at radius 3 is 2.30 bits per heavy atom. The molecule has 0 aliphatic carbocycles. The Morgan fingerprint density at radius 1 is 1.26 bits per heavy atom. The van der Waals surface area contributed by atoms with Gasteiger partial charge in [-0.25, -0.2) is 4.79 Å². The molecule has 8 nitrogen and oxygen atoms in total. The molecular formula is C18H21NO7S. The van der Waals surface area contributed by atoms with Gasteiger partial charge in [0, 0.05) is 5.41 Å². The van der Waals surface area contributed by atoms with Gasteiger partial charge in [-0.1, -0.05) is 31.5 Å². The van der Waals surface area contributed by atoms with Crippen LogP contribution in [0.4, 0.5) is 0 Å². The summed E-state index contributed by atoms with van der Waals surface area (Å²) in [6, 6.07) is 5.24. The maximum absolute atomic E-state index is 12.7. The number of aryl methyl sites for hydroxylation is 1. The minimum absolute atomic E-state index is 0.117. The number of fused-ring (bicyclic) bond motifs is 1. The molecule has 1 aromatic carbocycles. The third kappa shape index (κ3) is 2.81. The molecule has 2 heterocycles. The third-order valence-corrected chi connectivity index (χ3v) is 6.38. The molecule has 2 aliphatic rings. The number of aliphatic hydroxyl groups is 1. The van der Waals surface area contributed by atoms with Crippen LogP contribution in [0.5, 0.6) is 0 Å². The molecule has 9 heteroatoms. The molecule has 0 radical (unpaired) electrons. The number of aliphatic hydroxyl groups excluding tert-OH is 1. The standard InChI is InChI=1S/C18H21NO7S/c1-9-5-7-11(8-6-9)27(24,25)26-15-13(17(22)23)19-14(18(15,3)4)12(10(2)20)16(19)21/h5-8,10,12,14,20H,1-4H3,(H,22,23). The quantitative estimate of drug-likeness (QED) is 0.568. The summed E-state index contributed by atoms with van der Waals surface area (Å²) in [5.41, 5.74) is -0.751. The van der Waals surface area contributed by atoms with Gasteiger partial charge in [0.25, 0.3) is 0 Å². The van der Waals surface area contributed by atoms with E-state index in [9.17, 15) is 28.2 Å². The van der Waals surface area contributed by atoms with Crippen LogP contribution in [0.25, 0.3) is 0 Å². The van der Waals surface area contributed by atoms with E-state index in [0.29, 0.717) is 0 Å². The fourth-order valence-electron chi connectivity index (χ4n) is 3.76. The number of hydrogen-bond acceptors (Lipinski definition) is 6. The van der Waals surface area contributed by atoms with Gasteiger partial charge in [0.2, 0.25) is 5.91 Å². The molecule has 1 aromatic rings. The van der Waals surface area contributed by atoms with Crippen molar-refractivity contribution in [2.24, 2.45) is 11.3 Å². The van der Waals surface area contributed by atoms with Crippen LogP contribution in [0, 0.1) is 18.3 Å². The average Bonchev–Trinajstić information content (AvgIpc) is 2.72. The summed E-state index contributed by atoms with van der Waals surface area (Å²) in [4.78, 5) is 25.1. The van der Waals surface area contributed by atoms with Crippen molar-refractivity contribution in [3.63, 3.8) is 0 Å². The summed E-state index contributed by atoms with van der Waals surface area (Å²) in [7, 11) is -4.29. The van der Waals surface area contributed by atoms with E-state index in [-0.39, 0.29) is 10.7 Å². The van der Waals surface area contributed by atoms with Gasteiger partial charge in [-0.3, -0.25) is 9.69 Å². The summed E-state index contributed by atoms with van der Waals surface area (Å²) in [5, 5.41) is 19.5. The number of carboxylic acids is 1. The topological polar surface area (TPSA) is 121 Å². The van der Waals surface area contributed by atoms with Crippen molar-refractivity contribution in [3.8, 4) is 0 Å². The second-order valence-electron chi connectivity index (χ2n) is 7.47. The second kappa shape index (κ2) is 6.07. The highest BCUT2D eigenvalue weighted by atomic mass is 32.2. The van der Waals surface area contributed by atoms with Gasteiger partial charge in [-0.2, -0.15) is 8.42 Å². The van der Waals surface area contributed by atoms with Gasteiger partial charge in [0.1, 0.15) is 4.90 Å². The first-order chi connectivity index (χ1) is 12.4. The molecule has 146 valence electrons. The van der Waals surface area contributed by atoms with Crippen molar-refractivity contribution in [2.75, 3.05) is 0 Å². The monoisotopic (exact) mass is 395 g/mol. The Labute approximate surface area is 157 Å². The maximum Gasteiger partial charge on any atom is 0.356 e. The van der Waals surface area contributed by atoms with Crippen LogP contribution >= 0.6 is 0 Å². The van der Waals surface area contributed by atoms with Crippen molar-refractivity contribution < 1.29 is 32.4 Å². The number of β-lactam (4-membered cyclic amide) rings is 1. The Morgan fingerprint density at radius 2 is 1.81 bits per heavy atom. The Hall–Kier alpha value is -2.39. The molecule has 1 saturated heterocycles. The number of carbonyl (C=O) groups is 2. The fraction of sp³-hybridized carbons (Fsp3) is 0.444. The van der Waals surface area contributed by atoms with E-state index in [1.54, 1.807) is 32.9 Å². The number of carbonyl (C=O) groups excluding carboxylic acids is 1. The normalized spacial score (nSPS) is 25.1. The number of rotatable bonds is 5. The molecule has 3 rings (SSSR count). The molecule has 0 spiro atoms. The lowest BCUT2D eigenvalue weighted by Crippen LogP contribution is -2.65. The van der Waals surface area contributed by atoms with Crippen LogP contribution in [0.15, 0.2) is 40.6 Å². The van der Waals surface area contributed by atoms with Crippen LogP contribution < -0.4 is 0 Å². The lowest BCUT2D eigenvalue weighted by atomic mass is 9.71. The predicted molar refractivity (Wildman–Crippen MR) is 93.7 cm³/mol. The van der Waals surface area contributed by atoms with E-state index in [1.807, 2.05) is 0 Å². The first-order valence-corrected chi connectivity index (χ1v) is 9.80. The van der Waals surface area contributed by atoms with Crippen molar-refractivity contribution in [2.45, 2.75) is 44.7 Å². The highest BCUT2D eigenvalue weighted by Crippen LogP contribution is 2.54. The zero-order chi connectivity index (χ0) is 20.3. The van der Waals surface area contributed by atoms with Gasteiger partial charge in [-0.05, 0) is 26.0 Å². The van der Waals surface area contributed by atoms with Crippen LogP contribution in [-0.2, 0) is 23.9 Å². The highest BCUT2D eigenvalue weighted by molar-refractivity contribution is 7.86. The van der Waals surface area contributed by atoms with E-state index in [4.69, 9.17) is 4.18 Å². The van der Waals surface area contributed by atoms with Crippen molar-refractivity contribution >= 4 is 22.0 Å². The number of nitrogens with zero attached hydrogens (tertiary/aromatic N) is 1. The summed E-state index contributed by atoms with van der Waals surface area (Å²) >= 11 is 0. The second-order valence-corrected chi connectivity index (χ2v) is 9.02. The Balaban J connectivity index is 2.07. The van der Waals surface area contributed by atoms with Crippen LogP contribution in [0.1, 0.15) is 26.3 Å². The Bertz CT molecular complexity index is 944. The van der Waals surface area contributed by atoms with Gasteiger partial charge in [0.05, 0.1) is 18.1 Å². The summed E-state index contributed by atoms with van der Waals surface area (Å²) in [5.74, 6) is -3.15. The van der Waals surface area contributed by atoms with Crippen molar-refractivity contribution in [1.82, 2.24) is 4.90 Å². The van der Waals surface area contributed by atoms with Crippen LogP contribution in [0.2, 0.25) is 0 Å². The molecule has 0 aromatic heterocycles. The van der Waals surface area contributed by atoms with Gasteiger partial charge >= 0.3 is 16.1 Å². The lowest BCUT2D eigenvalue weighted by Gasteiger charge is -2.49. The molecular weight excluding hydrogens is 374 g/mol. The van der Waals surface area contributed by atoms with Gasteiger partial charge in [-0.15, -0.1) is 0 Å². The van der Waals surface area contributed by atoms with E-state index in [2.05, 4.69) is 0 Å². The van der Waals surface area contributed by atoms with Crippen LogP contribution in [0.3, 0.4) is 0 Å². The predicted octanol–water partition coefficient (Wildman–Crippen LogP) is 1.24. The molecule has 0 saturated carbocycles. The number of amides is 1. The molecule has 1 amide bonds. The van der Waals surface area contributed by atoms with Gasteiger partial charge < -0.3 is 14.4 Å². The van der Waals surface area contributed by atoms with E-state index in [0.717, 1.165) is 10.5 Å². The fourth-order valence-corrected chi connectivity index (χ4v) is 4.84. The SMILES string of the molecule is Cc1ccc(S(=O)(=O)OC2=C(C(=O)O)N3C(=O)C(C(C)O)C3C2(C)C)cc1. The molecule has 2 aliphatic heterocycles. The lowest BCUT2D eigenvalue weighted by molar-refractivity contribution is -0.166. The minimum Gasteiger partial charge on any atom is -0.476 e. The van der Waals surface area contributed by atoms with E-state index in [1.165, 1.54) is 19.1 Å². The molecule has 3 atom stereocenters. The number of aliphatic carboxylic acids is 1. The third-order valence-electron chi connectivity index (χ3n) is 5.15. The van der Waals surface area contributed by atoms with E-state index >= 15 is 0 Å². The minimum atomic E-state index is -4.29. The average molecular weight is 395 g/mol. The molecule has 0 bridgehead atoms. The molecule has 27 heavy (non-hydrogen) atoms. The number of benzene rings is 1. The van der Waals surface area contributed by atoms with Gasteiger partial charge in [0.15, 0.2) is 11.5 Å². The van der Waals surface area contributed by atoms with Crippen molar-refractivity contribution in [3.05, 3.63) is 41.3 Å². The zero-order valence-corrected chi connectivity index (χ0v) is 16.1. The molecule has 2 N–H and O–H groups in total. The first kappa shape index (κ1) is 19.4. The number of hydrogen-bond donors (Lipinski definition) is 2. The zero-order valence-electron chi connectivity index (χ0n) is 15.3. The van der Waals surface area contributed by atoms with Crippen molar-refractivity contribution in [1.29, 1.82) is 0 Å².